The van der Waals surface area contributed by atoms with Crippen molar-refractivity contribution in [2.24, 2.45) is 5.41 Å². The van der Waals surface area contributed by atoms with Crippen molar-refractivity contribution in [1.82, 2.24) is 15.5 Å². The van der Waals surface area contributed by atoms with Gasteiger partial charge >= 0.3 is 0 Å². The maximum absolute atomic E-state index is 5.79. The molecule has 0 bridgehead atoms. The van der Waals surface area contributed by atoms with Crippen molar-refractivity contribution in [2.45, 2.75) is 52.6 Å². The Morgan fingerprint density at radius 3 is 2.84 bits per heavy atom. The molecule has 1 unspecified atom stereocenters. The molecule has 1 fully saturated rings. The molecule has 1 aliphatic heterocycles. The summed E-state index contributed by atoms with van der Waals surface area (Å²) in [6, 6.07) is 0. The largest absolute Gasteiger partial charge is 0.370 e. The summed E-state index contributed by atoms with van der Waals surface area (Å²) in [5.41, 5.74) is -0.0397. The average molecular weight is 267 g/mol. The average Bonchev–Trinajstić information content (AvgIpc) is 2.84. The van der Waals surface area contributed by atoms with Gasteiger partial charge in [-0.25, -0.2) is 0 Å². The van der Waals surface area contributed by atoms with Crippen molar-refractivity contribution in [1.29, 1.82) is 0 Å². The van der Waals surface area contributed by atoms with Gasteiger partial charge in [-0.3, -0.25) is 0 Å². The first-order chi connectivity index (χ1) is 9.02. The second kappa shape index (κ2) is 6.01. The molecule has 0 saturated carbocycles. The maximum Gasteiger partial charge on any atom is 0.231 e. The molecular formula is C14H25N3O2. The molecule has 2 rings (SSSR count). The lowest BCUT2D eigenvalue weighted by Gasteiger charge is -2.27. The van der Waals surface area contributed by atoms with Crippen LogP contribution in [-0.4, -0.2) is 29.8 Å². The van der Waals surface area contributed by atoms with Crippen LogP contribution in [0.2, 0.25) is 0 Å². The number of piperidine rings is 1. The summed E-state index contributed by atoms with van der Waals surface area (Å²) >= 11 is 0. The van der Waals surface area contributed by atoms with Gasteiger partial charge in [0.2, 0.25) is 11.7 Å². The van der Waals surface area contributed by atoms with Crippen LogP contribution >= 0.6 is 0 Å². The van der Waals surface area contributed by atoms with Gasteiger partial charge in [-0.15, -0.1) is 0 Å². The number of rotatable bonds is 4. The monoisotopic (exact) mass is 267 g/mol. The van der Waals surface area contributed by atoms with Crippen LogP contribution in [-0.2, 0) is 4.74 Å². The minimum atomic E-state index is -0.119. The van der Waals surface area contributed by atoms with Crippen LogP contribution in [0.4, 0.5) is 0 Å². The molecule has 1 N–H and O–H groups in total. The zero-order valence-electron chi connectivity index (χ0n) is 12.4. The first-order valence-corrected chi connectivity index (χ1v) is 7.18. The molecule has 1 aliphatic rings. The molecule has 0 spiro atoms. The van der Waals surface area contributed by atoms with Crippen molar-refractivity contribution in [2.75, 3.05) is 19.7 Å². The summed E-state index contributed by atoms with van der Waals surface area (Å²) in [4.78, 5) is 4.58. The highest BCUT2D eigenvalue weighted by atomic mass is 16.5. The first kappa shape index (κ1) is 14.5. The predicted octanol–water partition coefficient (Wildman–Crippen LogP) is 2.66. The highest BCUT2D eigenvalue weighted by Gasteiger charge is 2.32. The van der Waals surface area contributed by atoms with Crippen molar-refractivity contribution in [3.8, 4) is 0 Å². The fourth-order valence-electron chi connectivity index (χ4n) is 2.46. The fourth-order valence-corrected chi connectivity index (χ4v) is 2.46. The van der Waals surface area contributed by atoms with Gasteiger partial charge in [0.1, 0.15) is 6.10 Å². The van der Waals surface area contributed by atoms with Crippen LogP contribution in [0, 0.1) is 5.41 Å². The summed E-state index contributed by atoms with van der Waals surface area (Å²) in [5, 5.41) is 7.51. The Balaban J connectivity index is 2.13. The molecule has 0 amide bonds. The van der Waals surface area contributed by atoms with Crippen LogP contribution < -0.4 is 5.32 Å². The predicted molar refractivity (Wildman–Crippen MR) is 73.0 cm³/mol. The molecule has 0 aliphatic carbocycles. The van der Waals surface area contributed by atoms with Crippen molar-refractivity contribution >= 4 is 0 Å². The molecule has 1 saturated heterocycles. The smallest absolute Gasteiger partial charge is 0.231 e. The van der Waals surface area contributed by atoms with Crippen LogP contribution in [0.5, 0.6) is 0 Å². The number of hydrogen-bond donors (Lipinski definition) is 1. The topological polar surface area (TPSA) is 60.2 Å². The highest BCUT2D eigenvalue weighted by molar-refractivity contribution is 5.01. The number of ether oxygens (including phenoxy) is 1. The molecule has 0 aromatic carbocycles. The lowest BCUT2D eigenvalue weighted by atomic mass is 9.88. The molecule has 5 heteroatoms. The van der Waals surface area contributed by atoms with Crippen LogP contribution in [0.25, 0.3) is 0 Å². The fraction of sp³-hybridized carbons (Fsp3) is 0.857. The van der Waals surface area contributed by atoms with E-state index in [0.29, 0.717) is 18.3 Å². The molecular weight excluding hydrogens is 242 g/mol. The van der Waals surface area contributed by atoms with E-state index in [1.807, 2.05) is 6.92 Å². The van der Waals surface area contributed by atoms with Crippen molar-refractivity contribution < 1.29 is 9.26 Å². The zero-order valence-corrected chi connectivity index (χ0v) is 12.4. The Morgan fingerprint density at radius 2 is 2.26 bits per heavy atom. The lowest BCUT2D eigenvalue weighted by molar-refractivity contribution is -0.0203. The van der Waals surface area contributed by atoms with Gasteiger partial charge < -0.3 is 14.6 Å². The van der Waals surface area contributed by atoms with E-state index in [1.165, 1.54) is 0 Å². The van der Waals surface area contributed by atoms with E-state index < -0.39 is 0 Å². The lowest BCUT2D eigenvalue weighted by Crippen LogP contribution is -2.28. The highest BCUT2D eigenvalue weighted by Crippen LogP contribution is 2.35. The van der Waals surface area contributed by atoms with Gasteiger partial charge in [-0.2, -0.15) is 4.98 Å². The number of nitrogens with one attached hydrogen (secondary N) is 1. The second-order valence-electron chi connectivity index (χ2n) is 6.24. The number of nitrogens with zero attached hydrogens (tertiary/aromatic N) is 2. The van der Waals surface area contributed by atoms with Crippen LogP contribution in [0.1, 0.15) is 64.3 Å². The molecule has 19 heavy (non-hydrogen) atoms. The van der Waals surface area contributed by atoms with Gasteiger partial charge in [0.15, 0.2) is 0 Å². The Hall–Kier alpha value is -0.940. The second-order valence-corrected chi connectivity index (χ2v) is 6.24. The van der Waals surface area contributed by atoms with Gasteiger partial charge in [-0.1, -0.05) is 25.9 Å². The maximum atomic E-state index is 5.79. The van der Waals surface area contributed by atoms with E-state index >= 15 is 0 Å². The van der Waals surface area contributed by atoms with Crippen LogP contribution in [0.15, 0.2) is 4.52 Å². The third kappa shape index (κ3) is 3.54. The van der Waals surface area contributed by atoms with Gasteiger partial charge in [0, 0.05) is 13.2 Å². The van der Waals surface area contributed by atoms with Gasteiger partial charge in [0.05, 0.1) is 5.92 Å². The molecule has 1 aromatic rings. The number of hydrogen-bond acceptors (Lipinski definition) is 5. The molecule has 2 heterocycles. The SMILES string of the molecule is CCOC(c1noc([C@H]2CCCNC2)n1)C(C)(C)C. The van der Waals surface area contributed by atoms with E-state index in [9.17, 15) is 0 Å². The Kier molecular flexibility index (Phi) is 4.58. The van der Waals surface area contributed by atoms with Gasteiger partial charge in [0.25, 0.3) is 0 Å². The molecule has 1 aromatic heterocycles. The van der Waals surface area contributed by atoms with E-state index in [0.717, 1.165) is 31.8 Å². The Morgan fingerprint density at radius 1 is 1.47 bits per heavy atom. The minimum Gasteiger partial charge on any atom is -0.370 e. The molecule has 108 valence electrons. The summed E-state index contributed by atoms with van der Waals surface area (Å²) in [5.74, 6) is 1.77. The van der Waals surface area contributed by atoms with Crippen molar-refractivity contribution in [3.05, 3.63) is 11.7 Å². The normalized spacial score (nSPS) is 22.4. The Labute approximate surface area is 115 Å². The van der Waals surface area contributed by atoms with E-state index in [2.05, 4.69) is 36.2 Å². The third-order valence-electron chi connectivity index (χ3n) is 3.46. The third-order valence-corrected chi connectivity index (χ3v) is 3.46. The van der Waals surface area contributed by atoms with Crippen molar-refractivity contribution in [3.63, 3.8) is 0 Å². The summed E-state index contributed by atoms with van der Waals surface area (Å²) in [6.45, 7) is 11.0. The number of aromatic nitrogens is 2. The standard InChI is InChI=1S/C14H25N3O2/c1-5-18-11(14(2,3)4)12-16-13(19-17-12)10-7-6-8-15-9-10/h10-11,15H,5-9H2,1-4H3/t10-,11?/m0/s1. The summed E-state index contributed by atoms with van der Waals surface area (Å²) in [7, 11) is 0. The minimum absolute atomic E-state index is 0.0397. The molecule has 5 nitrogen and oxygen atoms in total. The quantitative estimate of drug-likeness (QED) is 0.908. The van der Waals surface area contributed by atoms with E-state index in [4.69, 9.17) is 9.26 Å². The zero-order chi connectivity index (χ0) is 13.9. The summed E-state index contributed by atoms with van der Waals surface area (Å²) < 4.78 is 11.2. The Bertz CT molecular complexity index is 392. The molecule has 2 atom stereocenters. The van der Waals surface area contributed by atoms with Gasteiger partial charge in [-0.05, 0) is 31.7 Å². The molecule has 0 radical (unpaired) electrons. The van der Waals surface area contributed by atoms with Crippen LogP contribution in [0.3, 0.4) is 0 Å². The van der Waals surface area contributed by atoms with E-state index in [-0.39, 0.29) is 11.5 Å². The summed E-state index contributed by atoms with van der Waals surface area (Å²) in [6.07, 6.45) is 2.16. The van der Waals surface area contributed by atoms with E-state index in [1.54, 1.807) is 0 Å². The first-order valence-electron chi connectivity index (χ1n) is 7.18.